The SMILES string of the molecule is C=CCn1c(SCCC(C)C)nc2c([nH]c3ccccc32)c1=O. The van der Waals surface area contributed by atoms with Gasteiger partial charge in [0.2, 0.25) is 0 Å². The Balaban J connectivity index is 2.15. The molecule has 2 aromatic heterocycles. The van der Waals surface area contributed by atoms with Gasteiger partial charge in [0.05, 0.1) is 0 Å². The van der Waals surface area contributed by atoms with Crippen LogP contribution in [-0.2, 0) is 6.54 Å². The van der Waals surface area contributed by atoms with Gasteiger partial charge in [0, 0.05) is 23.2 Å². The fraction of sp³-hybridized carbons (Fsp3) is 0.333. The van der Waals surface area contributed by atoms with Crippen LogP contribution in [0.3, 0.4) is 0 Å². The van der Waals surface area contributed by atoms with Crippen LogP contribution in [0.15, 0.2) is 46.9 Å². The molecule has 0 saturated heterocycles. The Morgan fingerprint density at radius 2 is 2.17 bits per heavy atom. The second-order valence-electron chi connectivity index (χ2n) is 6.02. The van der Waals surface area contributed by atoms with Crippen LogP contribution in [0.25, 0.3) is 21.9 Å². The van der Waals surface area contributed by atoms with E-state index in [1.54, 1.807) is 22.4 Å². The number of allylic oxidation sites excluding steroid dienone is 1. The molecule has 2 heterocycles. The Morgan fingerprint density at radius 3 is 2.91 bits per heavy atom. The summed E-state index contributed by atoms with van der Waals surface area (Å²) in [6, 6.07) is 7.90. The molecule has 0 fully saturated rings. The third-order valence-corrected chi connectivity index (χ3v) is 4.82. The average Bonchev–Trinajstić information content (AvgIpc) is 2.90. The molecule has 120 valence electrons. The van der Waals surface area contributed by atoms with Crippen molar-refractivity contribution in [1.82, 2.24) is 14.5 Å². The van der Waals surface area contributed by atoms with Crippen molar-refractivity contribution in [2.45, 2.75) is 32.0 Å². The molecule has 3 aromatic rings. The Labute approximate surface area is 139 Å². The van der Waals surface area contributed by atoms with E-state index >= 15 is 0 Å². The first-order valence-electron chi connectivity index (χ1n) is 7.86. The minimum Gasteiger partial charge on any atom is -0.349 e. The van der Waals surface area contributed by atoms with Crippen LogP contribution in [-0.4, -0.2) is 20.3 Å². The van der Waals surface area contributed by atoms with Crippen LogP contribution in [0.2, 0.25) is 0 Å². The van der Waals surface area contributed by atoms with Gasteiger partial charge in [0.25, 0.3) is 5.56 Å². The molecule has 4 nitrogen and oxygen atoms in total. The second kappa shape index (κ2) is 6.62. The third-order valence-electron chi connectivity index (χ3n) is 3.81. The third kappa shape index (κ3) is 3.06. The van der Waals surface area contributed by atoms with Gasteiger partial charge in [-0.25, -0.2) is 4.98 Å². The molecule has 0 bridgehead atoms. The molecule has 1 aromatic carbocycles. The largest absolute Gasteiger partial charge is 0.349 e. The van der Waals surface area contributed by atoms with E-state index in [1.807, 2.05) is 24.3 Å². The van der Waals surface area contributed by atoms with Crippen molar-refractivity contribution in [3.05, 3.63) is 47.3 Å². The summed E-state index contributed by atoms with van der Waals surface area (Å²) in [5.74, 6) is 1.59. The van der Waals surface area contributed by atoms with Crippen molar-refractivity contribution in [2.24, 2.45) is 5.92 Å². The number of aromatic amines is 1. The van der Waals surface area contributed by atoms with Crippen molar-refractivity contribution >= 4 is 33.7 Å². The molecule has 1 N–H and O–H groups in total. The number of H-pyrrole nitrogens is 1. The van der Waals surface area contributed by atoms with E-state index in [0.29, 0.717) is 18.0 Å². The number of hydrogen-bond acceptors (Lipinski definition) is 3. The fourth-order valence-electron chi connectivity index (χ4n) is 2.56. The van der Waals surface area contributed by atoms with E-state index < -0.39 is 0 Å². The highest BCUT2D eigenvalue weighted by Gasteiger charge is 2.15. The summed E-state index contributed by atoms with van der Waals surface area (Å²) < 4.78 is 1.70. The lowest BCUT2D eigenvalue weighted by Crippen LogP contribution is -2.23. The number of hydrogen-bond donors (Lipinski definition) is 1. The first-order chi connectivity index (χ1) is 11.1. The Hall–Kier alpha value is -2.01. The van der Waals surface area contributed by atoms with Crippen LogP contribution >= 0.6 is 11.8 Å². The lowest BCUT2D eigenvalue weighted by molar-refractivity contribution is 0.628. The van der Waals surface area contributed by atoms with E-state index in [-0.39, 0.29) is 5.56 Å². The van der Waals surface area contributed by atoms with Crippen LogP contribution in [0.1, 0.15) is 20.3 Å². The Bertz CT molecular complexity index is 908. The molecule has 5 heteroatoms. The minimum absolute atomic E-state index is 0.0295. The summed E-state index contributed by atoms with van der Waals surface area (Å²) in [6.45, 7) is 8.64. The summed E-state index contributed by atoms with van der Waals surface area (Å²) >= 11 is 1.65. The zero-order chi connectivity index (χ0) is 16.4. The van der Waals surface area contributed by atoms with E-state index in [9.17, 15) is 4.79 Å². The molecule has 0 spiro atoms. The maximum absolute atomic E-state index is 12.8. The van der Waals surface area contributed by atoms with Crippen LogP contribution < -0.4 is 5.56 Å². The summed E-state index contributed by atoms with van der Waals surface area (Å²) in [5.41, 5.74) is 2.25. The van der Waals surface area contributed by atoms with Crippen molar-refractivity contribution in [3.8, 4) is 0 Å². The Kier molecular flexibility index (Phi) is 4.57. The monoisotopic (exact) mass is 327 g/mol. The molecular formula is C18H21N3OS. The molecule has 3 rings (SSSR count). The van der Waals surface area contributed by atoms with E-state index in [4.69, 9.17) is 4.98 Å². The van der Waals surface area contributed by atoms with Crippen LogP contribution in [0, 0.1) is 5.92 Å². The van der Waals surface area contributed by atoms with Gasteiger partial charge in [-0.15, -0.1) is 6.58 Å². The van der Waals surface area contributed by atoms with E-state index in [2.05, 4.69) is 25.4 Å². The molecule has 0 unspecified atom stereocenters. The number of fused-ring (bicyclic) bond motifs is 3. The molecule has 0 amide bonds. The summed E-state index contributed by atoms with van der Waals surface area (Å²) in [5, 5.41) is 1.77. The van der Waals surface area contributed by atoms with Gasteiger partial charge in [0.15, 0.2) is 5.16 Å². The van der Waals surface area contributed by atoms with E-state index in [0.717, 1.165) is 33.7 Å². The second-order valence-corrected chi connectivity index (χ2v) is 7.09. The van der Waals surface area contributed by atoms with Gasteiger partial charge in [-0.1, -0.05) is 49.9 Å². The molecule has 23 heavy (non-hydrogen) atoms. The van der Waals surface area contributed by atoms with Gasteiger partial charge in [-0.3, -0.25) is 9.36 Å². The normalized spacial score (nSPS) is 11.6. The zero-order valence-electron chi connectivity index (χ0n) is 13.5. The average molecular weight is 327 g/mol. The standard InChI is InChI=1S/C18H21N3OS/c1-4-10-21-17(22)16-15(13-7-5-6-8-14(13)19-16)20-18(21)23-11-9-12(2)3/h4-8,12,19H,1,9-11H2,2-3H3. The maximum Gasteiger partial charge on any atom is 0.278 e. The summed E-state index contributed by atoms with van der Waals surface area (Å²) in [4.78, 5) is 20.8. The molecule has 0 aliphatic heterocycles. The van der Waals surface area contributed by atoms with Gasteiger partial charge >= 0.3 is 0 Å². The summed E-state index contributed by atoms with van der Waals surface area (Å²) in [6.07, 6.45) is 2.84. The number of aromatic nitrogens is 3. The number of benzene rings is 1. The number of nitrogens with zero attached hydrogens (tertiary/aromatic N) is 2. The molecule has 0 radical (unpaired) electrons. The van der Waals surface area contributed by atoms with E-state index in [1.165, 1.54) is 0 Å². The predicted octanol–water partition coefficient (Wildman–Crippen LogP) is 4.20. The van der Waals surface area contributed by atoms with Crippen molar-refractivity contribution in [3.63, 3.8) is 0 Å². The predicted molar refractivity (Wildman–Crippen MR) is 98.2 cm³/mol. The molecule has 0 saturated carbocycles. The molecule has 0 atom stereocenters. The highest BCUT2D eigenvalue weighted by Crippen LogP contribution is 2.25. The van der Waals surface area contributed by atoms with Crippen LogP contribution in [0.5, 0.6) is 0 Å². The lowest BCUT2D eigenvalue weighted by Gasteiger charge is -2.10. The van der Waals surface area contributed by atoms with Crippen LogP contribution in [0.4, 0.5) is 0 Å². The van der Waals surface area contributed by atoms with Gasteiger partial charge in [-0.05, 0) is 18.4 Å². The zero-order valence-corrected chi connectivity index (χ0v) is 14.3. The number of nitrogens with one attached hydrogen (secondary N) is 1. The van der Waals surface area contributed by atoms with Gasteiger partial charge in [-0.2, -0.15) is 0 Å². The number of rotatable bonds is 6. The highest BCUT2D eigenvalue weighted by atomic mass is 32.2. The minimum atomic E-state index is -0.0295. The molecular weight excluding hydrogens is 306 g/mol. The van der Waals surface area contributed by atoms with Crippen molar-refractivity contribution in [2.75, 3.05) is 5.75 Å². The fourth-order valence-corrected chi connectivity index (χ4v) is 3.80. The van der Waals surface area contributed by atoms with Crippen molar-refractivity contribution in [1.29, 1.82) is 0 Å². The first kappa shape index (κ1) is 15.9. The van der Waals surface area contributed by atoms with Gasteiger partial charge < -0.3 is 4.98 Å². The highest BCUT2D eigenvalue weighted by molar-refractivity contribution is 7.99. The van der Waals surface area contributed by atoms with Gasteiger partial charge in [0.1, 0.15) is 11.0 Å². The maximum atomic E-state index is 12.8. The lowest BCUT2D eigenvalue weighted by atomic mass is 10.2. The molecule has 0 aliphatic carbocycles. The first-order valence-corrected chi connectivity index (χ1v) is 8.85. The topological polar surface area (TPSA) is 50.7 Å². The number of para-hydroxylation sites is 1. The summed E-state index contributed by atoms with van der Waals surface area (Å²) in [7, 11) is 0. The smallest absolute Gasteiger partial charge is 0.278 e. The quantitative estimate of drug-likeness (QED) is 0.419. The Morgan fingerprint density at radius 1 is 1.39 bits per heavy atom. The molecule has 0 aliphatic rings. The van der Waals surface area contributed by atoms with Crippen molar-refractivity contribution < 1.29 is 0 Å². The number of thioether (sulfide) groups is 1.